The predicted octanol–water partition coefficient (Wildman–Crippen LogP) is 2.89. The number of nitrogens with zero attached hydrogens (tertiary/aromatic N) is 3. The fourth-order valence-electron chi connectivity index (χ4n) is 2.95. The topological polar surface area (TPSA) is 92.5 Å². The SMILES string of the molecule is O=C(NCc1ccco1)Nc1cccc(-c2ccc(N3CCOCC3)nn2)c1. The summed E-state index contributed by atoms with van der Waals surface area (Å²) in [5.74, 6) is 1.54. The van der Waals surface area contributed by atoms with Crippen molar-refractivity contribution in [1.82, 2.24) is 15.5 Å². The van der Waals surface area contributed by atoms with Gasteiger partial charge < -0.3 is 24.7 Å². The number of hydrogen-bond acceptors (Lipinski definition) is 6. The zero-order valence-corrected chi connectivity index (χ0v) is 15.3. The number of furan rings is 1. The van der Waals surface area contributed by atoms with Crippen molar-refractivity contribution in [1.29, 1.82) is 0 Å². The number of amides is 2. The van der Waals surface area contributed by atoms with E-state index in [-0.39, 0.29) is 6.03 Å². The third kappa shape index (κ3) is 4.47. The Labute approximate surface area is 162 Å². The highest BCUT2D eigenvalue weighted by Gasteiger charge is 2.13. The molecule has 1 aliphatic heterocycles. The number of ether oxygens (including phenoxy) is 1. The Morgan fingerprint density at radius 2 is 1.96 bits per heavy atom. The molecule has 2 amide bonds. The van der Waals surface area contributed by atoms with Crippen LogP contribution in [0.4, 0.5) is 16.3 Å². The van der Waals surface area contributed by atoms with E-state index in [0.717, 1.165) is 30.2 Å². The molecule has 1 saturated heterocycles. The number of carbonyl (C=O) groups is 1. The lowest BCUT2D eigenvalue weighted by molar-refractivity contribution is 0.122. The molecular formula is C20H21N5O3. The first-order valence-corrected chi connectivity index (χ1v) is 9.12. The molecule has 0 aliphatic carbocycles. The monoisotopic (exact) mass is 379 g/mol. The summed E-state index contributed by atoms with van der Waals surface area (Å²) >= 11 is 0. The highest BCUT2D eigenvalue weighted by atomic mass is 16.5. The maximum Gasteiger partial charge on any atom is 0.319 e. The number of rotatable bonds is 5. The summed E-state index contributed by atoms with van der Waals surface area (Å²) in [5, 5.41) is 14.2. The van der Waals surface area contributed by atoms with Gasteiger partial charge >= 0.3 is 6.03 Å². The maximum atomic E-state index is 12.1. The minimum Gasteiger partial charge on any atom is -0.467 e. The Balaban J connectivity index is 1.39. The van der Waals surface area contributed by atoms with Crippen molar-refractivity contribution in [2.24, 2.45) is 0 Å². The molecule has 1 aromatic carbocycles. The Kier molecular flexibility index (Phi) is 5.48. The largest absolute Gasteiger partial charge is 0.467 e. The van der Waals surface area contributed by atoms with Gasteiger partial charge in [-0.15, -0.1) is 10.2 Å². The molecule has 4 rings (SSSR count). The third-order valence-electron chi connectivity index (χ3n) is 4.41. The van der Waals surface area contributed by atoms with E-state index in [2.05, 4.69) is 25.7 Å². The van der Waals surface area contributed by atoms with Gasteiger partial charge in [0.05, 0.1) is 31.7 Å². The molecule has 8 heteroatoms. The first-order valence-electron chi connectivity index (χ1n) is 9.12. The number of hydrogen-bond donors (Lipinski definition) is 2. The van der Waals surface area contributed by atoms with Crippen molar-refractivity contribution < 1.29 is 13.9 Å². The van der Waals surface area contributed by atoms with Gasteiger partial charge in [0.2, 0.25) is 0 Å². The van der Waals surface area contributed by atoms with Crippen LogP contribution in [0, 0.1) is 0 Å². The van der Waals surface area contributed by atoms with Gasteiger partial charge in [0.1, 0.15) is 5.76 Å². The zero-order valence-electron chi connectivity index (χ0n) is 15.3. The molecule has 3 heterocycles. The number of aromatic nitrogens is 2. The third-order valence-corrected chi connectivity index (χ3v) is 4.41. The molecule has 0 unspecified atom stereocenters. The van der Waals surface area contributed by atoms with E-state index in [1.54, 1.807) is 18.4 Å². The van der Waals surface area contributed by atoms with Crippen LogP contribution in [0.2, 0.25) is 0 Å². The van der Waals surface area contributed by atoms with E-state index < -0.39 is 0 Å². The van der Waals surface area contributed by atoms with Gasteiger partial charge in [-0.25, -0.2) is 4.79 Å². The average molecular weight is 379 g/mol. The van der Waals surface area contributed by atoms with Gasteiger partial charge in [0.15, 0.2) is 5.82 Å². The average Bonchev–Trinajstić information content (AvgIpc) is 3.27. The highest BCUT2D eigenvalue weighted by molar-refractivity contribution is 5.89. The smallest absolute Gasteiger partial charge is 0.319 e. The molecule has 2 N–H and O–H groups in total. The van der Waals surface area contributed by atoms with E-state index >= 15 is 0 Å². The molecule has 144 valence electrons. The Bertz CT molecular complexity index is 906. The van der Waals surface area contributed by atoms with Crippen LogP contribution >= 0.6 is 0 Å². The van der Waals surface area contributed by atoms with Gasteiger partial charge in [-0.05, 0) is 36.4 Å². The van der Waals surface area contributed by atoms with Gasteiger partial charge in [0, 0.05) is 24.3 Å². The second-order valence-electron chi connectivity index (χ2n) is 6.34. The predicted molar refractivity (Wildman–Crippen MR) is 105 cm³/mol. The van der Waals surface area contributed by atoms with Crippen LogP contribution < -0.4 is 15.5 Å². The molecule has 0 spiro atoms. The lowest BCUT2D eigenvalue weighted by atomic mass is 10.1. The lowest BCUT2D eigenvalue weighted by Crippen LogP contribution is -2.36. The standard InChI is InChI=1S/C20H21N5O3/c26-20(21-14-17-5-2-10-28-17)22-16-4-1-3-15(13-16)18-6-7-19(24-23-18)25-8-11-27-12-9-25/h1-7,10,13H,8-9,11-12,14H2,(H2,21,22,26). The van der Waals surface area contributed by atoms with Crippen LogP contribution in [0.1, 0.15) is 5.76 Å². The Morgan fingerprint density at radius 1 is 1.07 bits per heavy atom. The zero-order chi connectivity index (χ0) is 19.2. The number of morpholine rings is 1. The molecule has 0 atom stereocenters. The number of carbonyl (C=O) groups excluding carboxylic acids is 1. The van der Waals surface area contributed by atoms with Crippen molar-refractivity contribution in [2.45, 2.75) is 6.54 Å². The summed E-state index contributed by atoms with van der Waals surface area (Å²) in [4.78, 5) is 14.2. The maximum absolute atomic E-state index is 12.1. The molecule has 3 aromatic rings. The van der Waals surface area contributed by atoms with Crippen molar-refractivity contribution in [3.63, 3.8) is 0 Å². The normalized spacial score (nSPS) is 13.9. The molecular weight excluding hydrogens is 358 g/mol. The lowest BCUT2D eigenvalue weighted by Gasteiger charge is -2.27. The van der Waals surface area contributed by atoms with Crippen molar-refractivity contribution in [3.05, 3.63) is 60.6 Å². The molecule has 1 fully saturated rings. The summed E-state index contributed by atoms with van der Waals surface area (Å²) in [6, 6.07) is 14.7. The summed E-state index contributed by atoms with van der Waals surface area (Å²) in [6.07, 6.45) is 1.57. The summed E-state index contributed by atoms with van der Waals surface area (Å²) in [6.45, 7) is 3.38. The van der Waals surface area contributed by atoms with Crippen molar-refractivity contribution >= 4 is 17.5 Å². The Hall–Kier alpha value is -3.39. The fourth-order valence-corrected chi connectivity index (χ4v) is 2.95. The summed E-state index contributed by atoms with van der Waals surface area (Å²) in [5.41, 5.74) is 2.30. The summed E-state index contributed by atoms with van der Waals surface area (Å²) < 4.78 is 10.6. The summed E-state index contributed by atoms with van der Waals surface area (Å²) in [7, 11) is 0. The van der Waals surface area contributed by atoms with Crippen LogP contribution in [-0.4, -0.2) is 42.5 Å². The van der Waals surface area contributed by atoms with Crippen molar-refractivity contribution in [3.8, 4) is 11.3 Å². The molecule has 0 saturated carbocycles. The first-order chi connectivity index (χ1) is 13.8. The number of nitrogens with one attached hydrogen (secondary N) is 2. The number of benzene rings is 1. The van der Waals surface area contributed by atoms with Gasteiger partial charge in [-0.3, -0.25) is 0 Å². The molecule has 28 heavy (non-hydrogen) atoms. The quantitative estimate of drug-likeness (QED) is 0.708. The van der Waals surface area contributed by atoms with E-state index in [1.807, 2.05) is 36.4 Å². The molecule has 0 bridgehead atoms. The van der Waals surface area contributed by atoms with Crippen molar-refractivity contribution in [2.75, 3.05) is 36.5 Å². The highest BCUT2D eigenvalue weighted by Crippen LogP contribution is 2.22. The molecule has 2 aromatic heterocycles. The number of urea groups is 1. The fraction of sp³-hybridized carbons (Fsp3) is 0.250. The van der Waals surface area contributed by atoms with Crippen LogP contribution in [0.5, 0.6) is 0 Å². The second kappa shape index (κ2) is 8.53. The van der Waals surface area contributed by atoms with E-state index in [1.165, 1.54) is 0 Å². The van der Waals surface area contributed by atoms with Crippen LogP contribution in [0.25, 0.3) is 11.3 Å². The van der Waals surface area contributed by atoms with E-state index in [9.17, 15) is 4.79 Å². The second-order valence-corrected chi connectivity index (χ2v) is 6.34. The van der Waals surface area contributed by atoms with Crippen LogP contribution in [0.3, 0.4) is 0 Å². The van der Waals surface area contributed by atoms with Gasteiger partial charge in [-0.2, -0.15) is 0 Å². The van der Waals surface area contributed by atoms with E-state index in [0.29, 0.717) is 31.2 Å². The minimum atomic E-state index is -0.303. The van der Waals surface area contributed by atoms with Crippen LogP contribution in [-0.2, 0) is 11.3 Å². The molecule has 0 radical (unpaired) electrons. The molecule has 1 aliphatic rings. The molecule has 8 nitrogen and oxygen atoms in total. The minimum absolute atomic E-state index is 0.303. The van der Waals surface area contributed by atoms with Crippen LogP contribution in [0.15, 0.2) is 59.2 Å². The van der Waals surface area contributed by atoms with Gasteiger partial charge in [-0.1, -0.05) is 12.1 Å². The van der Waals surface area contributed by atoms with E-state index in [4.69, 9.17) is 9.15 Å². The first kappa shape index (κ1) is 18.0. The van der Waals surface area contributed by atoms with Gasteiger partial charge in [0.25, 0.3) is 0 Å². The Morgan fingerprint density at radius 3 is 2.71 bits per heavy atom. The number of anilines is 2.